The summed E-state index contributed by atoms with van der Waals surface area (Å²) in [5.74, 6) is -0.152. The topological polar surface area (TPSA) is 101 Å². The molecular weight excluding hydrogens is 370 g/mol. The quantitative estimate of drug-likeness (QED) is 0.384. The Hall–Kier alpha value is -1.99. The maximum Gasteiger partial charge on any atom is 0.341 e. The van der Waals surface area contributed by atoms with Crippen LogP contribution in [0.5, 0.6) is 0 Å². The van der Waals surface area contributed by atoms with Crippen LogP contribution in [-0.2, 0) is 4.74 Å². The summed E-state index contributed by atoms with van der Waals surface area (Å²) in [7, 11) is 0. The van der Waals surface area contributed by atoms with Crippen LogP contribution in [0, 0.1) is 12.8 Å². The molecule has 29 heavy (non-hydrogen) atoms. The van der Waals surface area contributed by atoms with E-state index in [-0.39, 0.29) is 30.7 Å². The standard InChI is InChI=1S/C22H35N3O4/c1-4-20(25-18-9-7-6-8-10-18)17(14-27)12-23-21-19(22(28)29-5-2)11-16(13-26)15(3)24-21/h11,13,17-18,20,25,27H,4-10,12,14H2,1-3H3,(H,23,24). The SMILES string of the molecule is CCOC(=O)c1cc(C=O)c(C)nc1NCC(CO)C(CC)NC1CCCCC1. The van der Waals surface area contributed by atoms with E-state index >= 15 is 0 Å². The van der Waals surface area contributed by atoms with E-state index in [4.69, 9.17) is 4.74 Å². The molecule has 7 nitrogen and oxygen atoms in total. The summed E-state index contributed by atoms with van der Waals surface area (Å²) >= 11 is 0. The van der Waals surface area contributed by atoms with Crippen LogP contribution in [0.3, 0.4) is 0 Å². The van der Waals surface area contributed by atoms with Crippen LogP contribution >= 0.6 is 0 Å². The number of aliphatic hydroxyl groups is 1. The lowest BCUT2D eigenvalue weighted by molar-refractivity contribution is 0.0527. The van der Waals surface area contributed by atoms with Gasteiger partial charge in [0.15, 0.2) is 6.29 Å². The van der Waals surface area contributed by atoms with Crippen molar-refractivity contribution in [2.24, 2.45) is 5.92 Å². The van der Waals surface area contributed by atoms with E-state index in [0.717, 1.165) is 6.42 Å². The van der Waals surface area contributed by atoms with Gasteiger partial charge in [-0.3, -0.25) is 4.79 Å². The summed E-state index contributed by atoms with van der Waals surface area (Å²) < 4.78 is 5.11. The molecule has 1 fully saturated rings. The van der Waals surface area contributed by atoms with E-state index < -0.39 is 5.97 Å². The molecule has 7 heteroatoms. The molecule has 0 aromatic carbocycles. The molecule has 1 heterocycles. The minimum Gasteiger partial charge on any atom is -0.462 e. The smallest absolute Gasteiger partial charge is 0.341 e. The first kappa shape index (κ1) is 23.3. The van der Waals surface area contributed by atoms with Gasteiger partial charge in [-0.15, -0.1) is 0 Å². The third kappa shape index (κ3) is 6.51. The van der Waals surface area contributed by atoms with Gasteiger partial charge in [0, 0.05) is 36.7 Å². The fourth-order valence-electron chi connectivity index (χ4n) is 3.96. The fourth-order valence-corrected chi connectivity index (χ4v) is 3.96. The molecule has 1 aromatic rings. The van der Waals surface area contributed by atoms with Crippen LogP contribution < -0.4 is 10.6 Å². The zero-order valence-corrected chi connectivity index (χ0v) is 17.9. The van der Waals surface area contributed by atoms with Gasteiger partial charge < -0.3 is 20.5 Å². The number of hydrogen-bond acceptors (Lipinski definition) is 7. The number of hydrogen-bond donors (Lipinski definition) is 3. The average molecular weight is 406 g/mol. The molecular formula is C22H35N3O4. The first-order chi connectivity index (χ1) is 14.0. The van der Waals surface area contributed by atoms with Gasteiger partial charge in [-0.2, -0.15) is 0 Å². The van der Waals surface area contributed by atoms with Crippen LogP contribution in [0.2, 0.25) is 0 Å². The van der Waals surface area contributed by atoms with Gasteiger partial charge in [-0.25, -0.2) is 9.78 Å². The molecule has 1 aliphatic carbocycles. The van der Waals surface area contributed by atoms with Crippen molar-refractivity contribution in [3.63, 3.8) is 0 Å². The number of nitrogens with one attached hydrogen (secondary N) is 2. The molecule has 1 aromatic heterocycles. The van der Waals surface area contributed by atoms with Gasteiger partial charge in [0.2, 0.25) is 0 Å². The van der Waals surface area contributed by atoms with Gasteiger partial charge in [0.05, 0.1) is 12.3 Å². The van der Waals surface area contributed by atoms with Crippen LogP contribution in [-0.4, -0.2) is 54.2 Å². The van der Waals surface area contributed by atoms with E-state index in [1.807, 2.05) is 0 Å². The van der Waals surface area contributed by atoms with Crippen molar-refractivity contribution in [2.75, 3.05) is 25.1 Å². The Morgan fingerprint density at radius 2 is 2.07 bits per heavy atom. The van der Waals surface area contributed by atoms with Crippen molar-refractivity contribution >= 4 is 18.1 Å². The molecule has 1 saturated carbocycles. The molecule has 1 aliphatic rings. The summed E-state index contributed by atoms with van der Waals surface area (Å²) in [6, 6.07) is 2.20. The zero-order valence-electron chi connectivity index (χ0n) is 17.9. The fraction of sp³-hybridized carbons (Fsp3) is 0.682. The molecule has 2 unspecified atom stereocenters. The number of anilines is 1. The lowest BCUT2D eigenvalue weighted by atomic mass is 9.91. The highest BCUT2D eigenvalue weighted by Crippen LogP contribution is 2.22. The molecule has 0 bridgehead atoms. The van der Waals surface area contributed by atoms with Gasteiger partial charge >= 0.3 is 5.97 Å². The lowest BCUT2D eigenvalue weighted by Gasteiger charge is -2.32. The van der Waals surface area contributed by atoms with Crippen LogP contribution in [0.4, 0.5) is 5.82 Å². The third-order valence-electron chi connectivity index (χ3n) is 5.70. The van der Waals surface area contributed by atoms with E-state index in [1.165, 1.54) is 38.2 Å². The molecule has 2 rings (SSSR count). The van der Waals surface area contributed by atoms with Crippen molar-refractivity contribution in [1.82, 2.24) is 10.3 Å². The number of ether oxygens (including phenoxy) is 1. The highest BCUT2D eigenvalue weighted by molar-refractivity contribution is 5.96. The largest absolute Gasteiger partial charge is 0.462 e. The number of esters is 1. The molecule has 0 radical (unpaired) electrons. The second-order valence-electron chi connectivity index (χ2n) is 7.74. The van der Waals surface area contributed by atoms with Crippen LogP contribution in [0.1, 0.15) is 78.8 Å². The highest BCUT2D eigenvalue weighted by Gasteiger charge is 2.25. The van der Waals surface area contributed by atoms with Crippen molar-refractivity contribution in [3.8, 4) is 0 Å². The number of carbonyl (C=O) groups is 2. The maximum absolute atomic E-state index is 12.3. The van der Waals surface area contributed by atoms with Gasteiger partial charge in [0.1, 0.15) is 11.4 Å². The Bertz CT molecular complexity index is 674. The second kappa shape index (κ2) is 11.9. The minimum atomic E-state index is -0.515. The van der Waals surface area contributed by atoms with E-state index in [0.29, 0.717) is 35.9 Å². The molecule has 0 saturated heterocycles. The Kier molecular flexibility index (Phi) is 9.54. The molecule has 2 atom stereocenters. The highest BCUT2D eigenvalue weighted by atomic mass is 16.5. The number of rotatable bonds is 11. The number of aldehydes is 1. The maximum atomic E-state index is 12.3. The summed E-state index contributed by atoms with van der Waals surface area (Å²) in [6.45, 7) is 6.32. The van der Waals surface area contributed by atoms with Gasteiger partial charge in [-0.05, 0) is 39.2 Å². The molecule has 0 aliphatic heterocycles. The van der Waals surface area contributed by atoms with E-state index in [9.17, 15) is 14.7 Å². The van der Waals surface area contributed by atoms with Crippen molar-refractivity contribution in [3.05, 3.63) is 22.9 Å². The Labute approximate surface area is 173 Å². The van der Waals surface area contributed by atoms with Crippen molar-refractivity contribution in [1.29, 1.82) is 0 Å². The lowest BCUT2D eigenvalue weighted by Crippen LogP contribution is -2.46. The molecule has 162 valence electrons. The second-order valence-corrected chi connectivity index (χ2v) is 7.74. The van der Waals surface area contributed by atoms with Crippen LogP contribution in [0.15, 0.2) is 6.07 Å². The first-order valence-electron chi connectivity index (χ1n) is 10.8. The minimum absolute atomic E-state index is 0.0233. The molecule has 0 amide bonds. The third-order valence-corrected chi connectivity index (χ3v) is 5.70. The number of nitrogens with zero attached hydrogens (tertiary/aromatic N) is 1. The summed E-state index contributed by atoms with van der Waals surface area (Å²) in [5, 5.41) is 16.9. The predicted octanol–water partition coefficient (Wildman–Crippen LogP) is 3.10. The summed E-state index contributed by atoms with van der Waals surface area (Å²) in [6.07, 6.45) is 7.78. The van der Waals surface area contributed by atoms with Gasteiger partial charge in [0.25, 0.3) is 0 Å². The monoisotopic (exact) mass is 405 g/mol. The summed E-state index contributed by atoms with van der Waals surface area (Å²) in [4.78, 5) is 28.0. The number of aliphatic hydroxyl groups excluding tert-OH is 1. The van der Waals surface area contributed by atoms with Crippen molar-refractivity contribution < 1.29 is 19.4 Å². The number of carbonyl (C=O) groups excluding carboxylic acids is 2. The number of aromatic nitrogens is 1. The molecule has 0 spiro atoms. The van der Waals surface area contributed by atoms with Crippen LogP contribution in [0.25, 0.3) is 0 Å². The van der Waals surface area contributed by atoms with E-state index in [2.05, 4.69) is 22.5 Å². The summed E-state index contributed by atoms with van der Waals surface area (Å²) in [5.41, 5.74) is 1.15. The molecule has 3 N–H and O–H groups in total. The normalized spacial score (nSPS) is 16.8. The van der Waals surface area contributed by atoms with Gasteiger partial charge in [-0.1, -0.05) is 26.2 Å². The average Bonchev–Trinajstić information content (AvgIpc) is 2.74. The Balaban J connectivity index is 2.12. The number of aryl methyl sites for hydroxylation is 1. The predicted molar refractivity (Wildman–Crippen MR) is 113 cm³/mol. The Morgan fingerprint density at radius 3 is 2.66 bits per heavy atom. The van der Waals surface area contributed by atoms with Crippen molar-refractivity contribution in [2.45, 2.75) is 71.4 Å². The Morgan fingerprint density at radius 1 is 1.34 bits per heavy atom. The first-order valence-corrected chi connectivity index (χ1v) is 10.8. The zero-order chi connectivity index (χ0) is 21.2. The number of pyridine rings is 1. The van der Waals surface area contributed by atoms with E-state index in [1.54, 1.807) is 13.8 Å².